The first-order chi connectivity index (χ1) is 13.7. The fraction of sp³-hybridized carbons (Fsp3) is 0.400. The van der Waals surface area contributed by atoms with Crippen molar-refractivity contribution in [3.63, 3.8) is 0 Å². The Balaban J connectivity index is 2.04. The number of ether oxygens (including phenoxy) is 2. The number of fused-ring (bicyclic) bond motifs is 1. The number of benzene rings is 1. The van der Waals surface area contributed by atoms with E-state index in [4.69, 9.17) is 15.2 Å². The Labute approximate surface area is 166 Å². The molecule has 1 aliphatic carbocycles. The molecule has 0 radical (unpaired) electrons. The predicted octanol–water partition coefficient (Wildman–Crippen LogP) is 3.67. The van der Waals surface area contributed by atoms with Crippen molar-refractivity contribution in [2.24, 2.45) is 0 Å². The number of aromatic nitrogens is 2. The molecule has 3 N–H and O–H groups in total. The van der Waals surface area contributed by atoms with Crippen molar-refractivity contribution in [2.75, 3.05) is 38.4 Å². The molecule has 6 nitrogen and oxygen atoms in total. The van der Waals surface area contributed by atoms with Crippen LogP contribution in [0.1, 0.15) is 29.3 Å². The van der Waals surface area contributed by atoms with Crippen LogP contribution in [0.3, 0.4) is 0 Å². The third-order valence-corrected chi connectivity index (χ3v) is 4.90. The molecule has 1 aromatic heterocycles. The normalized spacial score (nSPS) is 18.4. The summed E-state index contributed by atoms with van der Waals surface area (Å²) in [6.07, 6.45) is -0.231. The van der Waals surface area contributed by atoms with E-state index >= 15 is 0 Å². The van der Waals surface area contributed by atoms with Gasteiger partial charge in [-0.15, -0.1) is 0 Å². The summed E-state index contributed by atoms with van der Waals surface area (Å²) in [6.45, 7) is 2.33. The fourth-order valence-electron chi connectivity index (χ4n) is 3.42. The molecule has 1 unspecified atom stereocenters. The Morgan fingerprint density at radius 3 is 2.66 bits per heavy atom. The van der Waals surface area contributed by atoms with Crippen LogP contribution in [0.2, 0.25) is 0 Å². The van der Waals surface area contributed by atoms with Crippen LogP contribution in [0.15, 0.2) is 24.3 Å². The van der Waals surface area contributed by atoms with Crippen LogP contribution in [0, 0.1) is 0 Å². The number of nitrogen functional groups attached to an aromatic ring is 1. The van der Waals surface area contributed by atoms with E-state index in [2.05, 4.69) is 15.3 Å². The molecule has 9 heteroatoms. The zero-order chi connectivity index (χ0) is 21.2. The number of nitrogens with two attached hydrogens (primary N) is 1. The number of hydrogen-bond donors (Lipinski definition) is 2. The Morgan fingerprint density at radius 1 is 1.24 bits per heavy atom. The number of alkyl halides is 3. The van der Waals surface area contributed by atoms with Crippen LogP contribution in [0.25, 0.3) is 6.08 Å². The Bertz CT molecular complexity index is 931. The standard InChI is InChI=1S/C20H23F3N4O2/c1-19(7-6-13-15(11-19)26-18(24)27-17(13)25-2)14-5-4-12(20(21,22)23)10-16(14)29-9-8-28-3/h4-7,10H,8-9,11H2,1-3H3,(H3,24,25,26,27). The van der Waals surface area contributed by atoms with Gasteiger partial charge in [0.25, 0.3) is 0 Å². The fourth-order valence-corrected chi connectivity index (χ4v) is 3.42. The Kier molecular flexibility index (Phi) is 5.70. The highest BCUT2D eigenvalue weighted by Gasteiger charge is 2.36. The number of methoxy groups -OCH3 is 1. The van der Waals surface area contributed by atoms with E-state index in [0.717, 1.165) is 23.4 Å². The van der Waals surface area contributed by atoms with Gasteiger partial charge in [0.1, 0.15) is 18.2 Å². The smallest absolute Gasteiger partial charge is 0.416 e. The molecule has 156 valence electrons. The SMILES string of the molecule is CNc1nc(N)nc2c1C=CC(C)(c1ccc(C(F)(F)F)cc1OCCOC)C2. The first kappa shape index (κ1) is 20.9. The van der Waals surface area contributed by atoms with E-state index in [-0.39, 0.29) is 24.9 Å². The molecule has 1 heterocycles. The molecule has 0 amide bonds. The largest absolute Gasteiger partial charge is 0.491 e. The van der Waals surface area contributed by atoms with Crippen LogP contribution in [0.5, 0.6) is 5.75 Å². The average Bonchev–Trinajstić information content (AvgIpc) is 2.66. The van der Waals surface area contributed by atoms with Gasteiger partial charge in [-0.25, -0.2) is 4.98 Å². The van der Waals surface area contributed by atoms with Crippen LogP contribution in [-0.4, -0.2) is 37.3 Å². The van der Waals surface area contributed by atoms with Crippen LogP contribution in [-0.2, 0) is 22.7 Å². The molecule has 2 aromatic rings. The maximum Gasteiger partial charge on any atom is 0.416 e. The zero-order valence-electron chi connectivity index (χ0n) is 16.4. The monoisotopic (exact) mass is 408 g/mol. The molecular weight excluding hydrogens is 385 g/mol. The number of nitrogens with zero attached hydrogens (tertiary/aromatic N) is 2. The molecule has 3 rings (SSSR count). The van der Waals surface area contributed by atoms with E-state index in [1.807, 2.05) is 19.1 Å². The van der Waals surface area contributed by atoms with Gasteiger partial charge in [-0.2, -0.15) is 18.2 Å². The van der Waals surface area contributed by atoms with Crippen LogP contribution in [0.4, 0.5) is 24.9 Å². The Hall–Kier alpha value is -2.81. The molecular formula is C20H23F3N4O2. The highest BCUT2D eigenvalue weighted by molar-refractivity contribution is 5.70. The van der Waals surface area contributed by atoms with Crippen molar-refractivity contribution in [3.8, 4) is 5.75 Å². The second kappa shape index (κ2) is 7.90. The van der Waals surface area contributed by atoms with Crippen molar-refractivity contribution >= 4 is 17.8 Å². The lowest BCUT2D eigenvalue weighted by Gasteiger charge is -2.32. The van der Waals surface area contributed by atoms with Gasteiger partial charge in [0.05, 0.1) is 17.9 Å². The number of hydrogen-bond acceptors (Lipinski definition) is 6. The lowest BCUT2D eigenvalue weighted by atomic mass is 9.74. The lowest BCUT2D eigenvalue weighted by Crippen LogP contribution is -2.28. The number of anilines is 2. The molecule has 0 saturated carbocycles. The van der Waals surface area contributed by atoms with Gasteiger partial charge in [0.2, 0.25) is 5.95 Å². The van der Waals surface area contributed by atoms with E-state index in [1.54, 1.807) is 7.05 Å². The van der Waals surface area contributed by atoms with Gasteiger partial charge < -0.3 is 20.5 Å². The summed E-state index contributed by atoms with van der Waals surface area (Å²) in [4.78, 5) is 8.51. The topological polar surface area (TPSA) is 82.3 Å². The van der Waals surface area contributed by atoms with Crippen molar-refractivity contribution in [1.82, 2.24) is 9.97 Å². The molecule has 0 spiro atoms. The quantitative estimate of drug-likeness (QED) is 0.710. The molecule has 0 bridgehead atoms. The maximum absolute atomic E-state index is 13.2. The van der Waals surface area contributed by atoms with Crippen molar-refractivity contribution in [2.45, 2.75) is 24.9 Å². The first-order valence-electron chi connectivity index (χ1n) is 9.05. The summed E-state index contributed by atoms with van der Waals surface area (Å²) in [5.74, 6) is 0.910. The van der Waals surface area contributed by atoms with Gasteiger partial charge in [0, 0.05) is 37.1 Å². The summed E-state index contributed by atoms with van der Waals surface area (Å²) in [6, 6.07) is 3.57. The number of nitrogens with one attached hydrogen (secondary N) is 1. The van der Waals surface area contributed by atoms with Crippen molar-refractivity contribution < 1.29 is 22.6 Å². The highest BCUT2D eigenvalue weighted by Crippen LogP contribution is 2.43. The Morgan fingerprint density at radius 2 is 2.00 bits per heavy atom. The highest BCUT2D eigenvalue weighted by atomic mass is 19.4. The molecule has 0 fully saturated rings. The van der Waals surface area contributed by atoms with Crippen LogP contribution < -0.4 is 15.8 Å². The van der Waals surface area contributed by atoms with E-state index in [1.165, 1.54) is 13.2 Å². The minimum Gasteiger partial charge on any atom is -0.491 e. The molecule has 0 aliphatic heterocycles. The predicted molar refractivity (Wildman–Crippen MR) is 105 cm³/mol. The summed E-state index contributed by atoms with van der Waals surface area (Å²) < 4.78 is 50.3. The van der Waals surface area contributed by atoms with Gasteiger partial charge in [-0.3, -0.25) is 0 Å². The molecule has 1 aromatic carbocycles. The third kappa shape index (κ3) is 4.29. The number of rotatable bonds is 6. The summed E-state index contributed by atoms with van der Waals surface area (Å²) in [5.41, 5.74) is 6.58. The minimum absolute atomic E-state index is 0.134. The number of halogens is 3. The summed E-state index contributed by atoms with van der Waals surface area (Å²) >= 11 is 0. The van der Waals surface area contributed by atoms with Crippen molar-refractivity contribution in [1.29, 1.82) is 0 Å². The average molecular weight is 408 g/mol. The van der Waals surface area contributed by atoms with Gasteiger partial charge in [0.15, 0.2) is 0 Å². The molecule has 29 heavy (non-hydrogen) atoms. The van der Waals surface area contributed by atoms with E-state index in [9.17, 15) is 13.2 Å². The van der Waals surface area contributed by atoms with Gasteiger partial charge >= 0.3 is 6.18 Å². The second-order valence-corrected chi connectivity index (χ2v) is 7.02. The van der Waals surface area contributed by atoms with Gasteiger partial charge in [-0.05, 0) is 12.1 Å². The third-order valence-electron chi connectivity index (χ3n) is 4.90. The summed E-state index contributed by atoms with van der Waals surface area (Å²) in [7, 11) is 3.24. The maximum atomic E-state index is 13.2. The molecule has 0 saturated heterocycles. The minimum atomic E-state index is -4.46. The van der Waals surface area contributed by atoms with Crippen LogP contribution >= 0.6 is 0 Å². The first-order valence-corrected chi connectivity index (χ1v) is 9.05. The van der Waals surface area contributed by atoms with Crippen molar-refractivity contribution in [3.05, 3.63) is 46.7 Å². The number of allylic oxidation sites excluding steroid dienone is 1. The molecule has 1 aliphatic rings. The molecule has 1 atom stereocenters. The lowest BCUT2D eigenvalue weighted by molar-refractivity contribution is -0.137. The van der Waals surface area contributed by atoms with Gasteiger partial charge in [-0.1, -0.05) is 25.1 Å². The zero-order valence-corrected chi connectivity index (χ0v) is 16.4. The second-order valence-electron chi connectivity index (χ2n) is 7.02. The van der Waals surface area contributed by atoms with E-state index in [0.29, 0.717) is 17.8 Å². The summed E-state index contributed by atoms with van der Waals surface area (Å²) in [5, 5.41) is 2.99. The van der Waals surface area contributed by atoms with E-state index < -0.39 is 17.2 Å².